The van der Waals surface area contributed by atoms with Crippen LogP contribution in [0.25, 0.3) is 0 Å². The number of rotatable bonds is 1. The predicted octanol–water partition coefficient (Wildman–Crippen LogP) is 1.38. The molecule has 0 aromatic heterocycles. The molecule has 0 fully saturated rings. The highest BCUT2D eigenvalue weighted by molar-refractivity contribution is 6.00. The summed E-state index contributed by atoms with van der Waals surface area (Å²) in [5, 5.41) is 10.5. The first-order valence-corrected chi connectivity index (χ1v) is 5.09. The number of methoxy groups -OCH3 is 1. The molecule has 2 N–H and O–H groups in total. The van der Waals surface area contributed by atoms with Gasteiger partial charge in [-0.2, -0.15) is 0 Å². The minimum Gasteiger partial charge on any atom is -0.371 e. The molecule has 0 unspecified atom stereocenters. The first-order valence-electron chi connectivity index (χ1n) is 5.09. The zero-order valence-electron chi connectivity index (χ0n) is 9.83. The van der Waals surface area contributed by atoms with Crippen molar-refractivity contribution in [2.24, 2.45) is 0 Å². The van der Waals surface area contributed by atoms with Crippen LogP contribution in [0.15, 0.2) is 12.1 Å². The minimum atomic E-state index is -0.181. The second-order valence-corrected chi connectivity index (χ2v) is 3.70. The highest BCUT2D eigenvalue weighted by Crippen LogP contribution is 2.29. The quantitative estimate of drug-likeness (QED) is 0.707. The summed E-state index contributed by atoms with van der Waals surface area (Å²) < 4.78 is 4.10. The highest BCUT2D eigenvalue weighted by Gasteiger charge is 2.20. The molecular formula is C12H17NO3. The predicted molar refractivity (Wildman–Crippen MR) is 62.3 cm³/mol. The Kier molecular flexibility index (Phi) is 4.46. The van der Waals surface area contributed by atoms with Crippen LogP contribution in [0.2, 0.25) is 0 Å². The van der Waals surface area contributed by atoms with Gasteiger partial charge in [0.25, 0.3) is 0 Å². The number of ether oxygens (including phenoxy) is 1. The molecule has 1 aliphatic rings. The van der Waals surface area contributed by atoms with E-state index in [1.54, 1.807) is 0 Å². The second-order valence-electron chi connectivity index (χ2n) is 3.70. The normalized spacial score (nSPS) is 12.6. The van der Waals surface area contributed by atoms with E-state index in [1.807, 2.05) is 19.9 Å². The molecule has 88 valence electrons. The Morgan fingerprint density at radius 2 is 1.94 bits per heavy atom. The van der Waals surface area contributed by atoms with Crippen molar-refractivity contribution in [1.82, 2.24) is 0 Å². The average molecular weight is 223 g/mol. The van der Waals surface area contributed by atoms with Crippen molar-refractivity contribution in [3.05, 3.63) is 28.8 Å². The van der Waals surface area contributed by atoms with Crippen LogP contribution >= 0.6 is 0 Å². The van der Waals surface area contributed by atoms with Gasteiger partial charge in [0, 0.05) is 12.8 Å². The van der Waals surface area contributed by atoms with Gasteiger partial charge in [0.1, 0.15) is 6.79 Å². The molecule has 0 saturated carbocycles. The van der Waals surface area contributed by atoms with E-state index in [0.29, 0.717) is 6.42 Å². The Hall–Kier alpha value is -1.39. The molecule has 4 heteroatoms. The number of aliphatic hydroxyl groups excluding tert-OH is 1. The number of carbonyl (C=O) groups excluding carboxylic acids is 1. The molecule has 1 aliphatic heterocycles. The van der Waals surface area contributed by atoms with Crippen molar-refractivity contribution >= 4 is 11.6 Å². The summed E-state index contributed by atoms with van der Waals surface area (Å²) in [6.07, 6.45) is 0.544. The number of hydrogen-bond donors (Lipinski definition) is 2. The van der Waals surface area contributed by atoms with E-state index >= 15 is 0 Å². The molecular weight excluding hydrogens is 206 g/mol. The fourth-order valence-electron chi connectivity index (χ4n) is 1.62. The van der Waals surface area contributed by atoms with Gasteiger partial charge >= 0.3 is 0 Å². The molecule has 0 saturated heterocycles. The fraction of sp³-hybridized carbons (Fsp3) is 0.417. The number of aryl methyl sites for hydroxylation is 2. The smallest absolute Gasteiger partial charge is 0.228 e. The van der Waals surface area contributed by atoms with Gasteiger partial charge in [0.05, 0.1) is 6.42 Å². The number of benzene rings is 1. The van der Waals surface area contributed by atoms with Gasteiger partial charge in [-0.1, -0.05) is 12.1 Å². The van der Waals surface area contributed by atoms with Crippen LogP contribution in [-0.2, 0) is 16.0 Å². The van der Waals surface area contributed by atoms with Crippen LogP contribution in [0.5, 0.6) is 0 Å². The van der Waals surface area contributed by atoms with Gasteiger partial charge in [-0.3, -0.25) is 4.79 Å². The summed E-state index contributed by atoms with van der Waals surface area (Å²) in [4.78, 5) is 11.1. The summed E-state index contributed by atoms with van der Waals surface area (Å²) in [6, 6.07) is 4.11. The molecule has 1 heterocycles. The lowest BCUT2D eigenvalue weighted by Crippen LogP contribution is -2.04. The third-order valence-corrected chi connectivity index (χ3v) is 2.49. The van der Waals surface area contributed by atoms with E-state index in [0.717, 1.165) is 11.3 Å². The number of fused-ring (bicyclic) bond motifs is 1. The molecule has 1 amide bonds. The number of amides is 1. The largest absolute Gasteiger partial charge is 0.371 e. The standard InChI is InChI=1S/C10H11NO.C2H6O2/c1-6-3-4-7(2)10-8(6)5-9(12)11-10;1-4-2-3/h3-4H,5H2,1-2H3,(H,11,12);3H,2H2,1H3. The number of nitrogens with one attached hydrogen (secondary N) is 1. The van der Waals surface area contributed by atoms with Gasteiger partial charge in [0.2, 0.25) is 5.91 Å². The topological polar surface area (TPSA) is 58.6 Å². The molecule has 0 aliphatic carbocycles. The lowest BCUT2D eigenvalue weighted by Gasteiger charge is -2.04. The Morgan fingerprint density at radius 3 is 2.44 bits per heavy atom. The van der Waals surface area contributed by atoms with Crippen molar-refractivity contribution in [1.29, 1.82) is 0 Å². The number of carbonyl (C=O) groups is 1. The van der Waals surface area contributed by atoms with Gasteiger partial charge in [-0.05, 0) is 30.5 Å². The van der Waals surface area contributed by atoms with Gasteiger partial charge in [-0.15, -0.1) is 0 Å². The SMILES string of the molecule is COCO.Cc1ccc(C)c2c1CC(=O)N2. The van der Waals surface area contributed by atoms with Crippen LogP contribution in [0.3, 0.4) is 0 Å². The fourth-order valence-corrected chi connectivity index (χ4v) is 1.62. The highest BCUT2D eigenvalue weighted by atomic mass is 16.6. The zero-order valence-corrected chi connectivity index (χ0v) is 9.83. The summed E-state index contributed by atoms with van der Waals surface area (Å²) in [7, 11) is 1.43. The Bertz CT molecular complexity index is 353. The molecule has 0 spiro atoms. The molecule has 0 atom stereocenters. The third-order valence-electron chi connectivity index (χ3n) is 2.49. The van der Waals surface area contributed by atoms with Crippen LogP contribution in [0, 0.1) is 13.8 Å². The number of anilines is 1. The van der Waals surface area contributed by atoms with Gasteiger partial charge in [0.15, 0.2) is 0 Å². The average Bonchev–Trinajstić information content (AvgIpc) is 2.67. The molecule has 1 aromatic carbocycles. The van der Waals surface area contributed by atoms with E-state index in [1.165, 1.54) is 18.2 Å². The molecule has 0 radical (unpaired) electrons. The third kappa shape index (κ3) is 2.81. The lowest BCUT2D eigenvalue weighted by molar-refractivity contribution is -0.115. The van der Waals surface area contributed by atoms with E-state index in [-0.39, 0.29) is 12.7 Å². The Morgan fingerprint density at radius 1 is 1.38 bits per heavy atom. The van der Waals surface area contributed by atoms with E-state index in [4.69, 9.17) is 5.11 Å². The zero-order chi connectivity index (χ0) is 12.1. The number of hydrogen-bond acceptors (Lipinski definition) is 3. The van der Waals surface area contributed by atoms with Crippen LogP contribution < -0.4 is 5.32 Å². The van der Waals surface area contributed by atoms with Crippen molar-refractivity contribution in [2.75, 3.05) is 19.2 Å². The van der Waals surface area contributed by atoms with Crippen molar-refractivity contribution in [3.63, 3.8) is 0 Å². The molecule has 0 bridgehead atoms. The van der Waals surface area contributed by atoms with E-state index in [2.05, 4.69) is 16.1 Å². The molecule has 4 nitrogen and oxygen atoms in total. The van der Waals surface area contributed by atoms with Crippen LogP contribution in [0.1, 0.15) is 16.7 Å². The maximum Gasteiger partial charge on any atom is 0.228 e. The van der Waals surface area contributed by atoms with Crippen molar-refractivity contribution in [2.45, 2.75) is 20.3 Å². The van der Waals surface area contributed by atoms with Crippen LogP contribution in [0.4, 0.5) is 5.69 Å². The second kappa shape index (κ2) is 5.63. The van der Waals surface area contributed by atoms with E-state index in [9.17, 15) is 4.79 Å². The molecule has 1 aromatic rings. The monoisotopic (exact) mass is 223 g/mol. The van der Waals surface area contributed by atoms with Gasteiger partial charge in [-0.25, -0.2) is 0 Å². The van der Waals surface area contributed by atoms with Crippen molar-refractivity contribution in [3.8, 4) is 0 Å². The molecule has 2 rings (SSSR count). The maximum absolute atomic E-state index is 11.1. The first-order chi connectivity index (χ1) is 7.60. The Labute approximate surface area is 95.2 Å². The molecule has 16 heavy (non-hydrogen) atoms. The summed E-state index contributed by atoms with van der Waals surface area (Å²) >= 11 is 0. The van der Waals surface area contributed by atoms with Crippen LogP contribution in [-0.4, -0.2) is 24.9 Å². The van der Waals surface area contributed by atoms with E-state index < -0.39 is 0 Å². The summed E-state index contributed by atoms with van der Waals surface area (Å²) in [5.74, 6) is 0.113. The van der Waals surface area contributed by atoms with Crippen molar-refractivity contribution < 1.29 is 14.6 Å². The Balaban J connectivity index is 0.000000280. The summed E-state index contributed by atoms with van der Waals surface area (Å²) in [6.45, 7) is 3.88. The first kappa shape index (κ1) is 12.7. The maximum atomic E-state index is 11.1. The number of aliphatic hydroxyl groups is 1. The lowest BCUT2D eigenvalue weighted by atomic mass is 10.0. The minimum absolute atomic E-state index is 0.113. The van der Waals surface area contributed by atoms with Gasteiger partial charge < -0.3 is 15.2 Å². The summed E-state index contributed by atoms with van der Waals surface area (Å²) in [5.41, 5.74) is 4.55.